The number of nitrogens with zero attached hydrogens (tertiary/aromatic N) is 2. The molecule has 118 valence electrons. The van der Waals surface area contributed by atoms with Gasteiger partial charge in [-0.3, -0.25) is 9.48 Å². The Morgan fingerprint density at radius 2 is 1.88 bits per heavy atom. The molecule has 4 rings (SSSR count). The van der Waals surface area contributed by atoms with E-state index in [4.69, 9.17) is 4.42 Å². The van der Waals surface area contributed by atoms with Crippen LogP contribution in [0.3, 0.4) is 0 Å². The number of benzene rings is 2. The molecule has 1 N–H and O–H groups in total. The Balaban J connectivity index is 1.48. The van der Waals surface area contributed by atoms with E-state index in [1.54, 1.807) is 23.1 Å². The highest BCUT2D eigenvalue weighted by atomic mass is 16.3. The van der Waals surface area contributed by atoms with Crippen LogP contribution in [0.25, 0.3) is 11.0 Å². The standard InChI is InChI=1S/C19H15N3O2/c23-19(18-10-15-8-4-5-9-17(15)24-18)21-16-11-20-22(13-16)12-14-6-2-1-3-7-14/h1-11,13H,12H2,(H,21,23). The Bertz CT molecular complexity index is 953. The van der Waals surface area contributed by atoms with Crippen LogP contribution < -0.4 is 5.32 Å². The van der Waals surface area contributed by atoms with Crippen LogP contribution >= 0.6 is 0 Å². The van der Waals surface area contributed by atoms with Crippen LogP contribution in [0, 0.1) is 0 Å². The third-order valence-electron chi connectivity index (χ3n) is 3.73. The van der Waals surface area contributed by atoms with Gasteiger partial charge in [0.15, 0.2) is 5.76 Å². The molecule has 0 unspecified atom stereocenters. The van der Waals surface area contributed by atoms with E-state index in [1.807, 2.05) is 54.6 Å². The molecule has 0 radical (unpaired) electrons. The normalized spacial score (nSPS) is 10.8. The van der Waals surface area contributed by atoms with Gasteiger partial charge in [-0.1, -0.05) is 48.5 Å². The second-order valence-electron chi connectivity index (χ2n) is 5.51. The Morgan fingerprint density at radius 1 is 1.08 bits per heavy atom. The number of carbonyl (C=O) groups is 1. The summed E-state index contributed by atoms with van der Waals surface area (Å²) >= 11 is 0. The first-order chi connectivity index (χ1) is 11.8. The summed E-state index contributed by atoms with van der Waals surface area (Å²) in [5, 5.41) is 7.99. The molecule has 2 aromatic heterocycles. The molecule has 0 aliphatic carbocycles. The van der Waals surface area contributed by atoms with Crippen molar-refractivity contribution in [3.63, 3.8) is 0 Å². The van der Waals surface area contributed by atoms with E-state index in [-0.39, 0.29) is 11.7 Å². The molecule has 0 atom stereocenters. The van der Waals surface area contributed by atoms with Crippen molar-refractivity contribution in [2.24, 2.45) is 0 Å². The second kappa shape index (κ2) is 6.04. The number of amides is 1. The molecule has 0 saturated carbocycles. The molecule has 0 saturated heterocycles. The van der Waals surface area contributed by atoms with Gasteiger partial charge < -0.3 is 9.73 Å². The number of rotatable bonds is 4. The quantitative estimate of drug-likeness (QED) is 0.620. The molecule has 24 heavy (non-hydrogen) atoms. The molecule has 2 heterocycles. The third-order valence-corrected chi connectivity index (χ3v) is 3.73. The zero-order valence-corrected chi connectivity index (χ0v) is 12.8. The predicted octanol–water partition coefficient (Wildman–Crippen LogP) is 3.93. The van der Waals surface area contributed by atoms with Crippen molar-refractivity contribution < 1.29 is 9.21 Å². The van der Waals surface area contributed by atoms with Crippen LogP contribution in [0.2, 0.25) is 0 Å². The van der Waals surface area contributed by atoms with E-state index in [0.29, 0.717) is 17.8 Å². The fraction of sp³-hybridized carbons (Fsp3) is 0.0526. The lowest BCUT2D eigenvalue weighted by atomic mass is 10.2. The van der Waals surface area contributed by atoms with Crippen molar-refractivity contribution >= 4 is 22.6 Å². The zero-order chi connectivity index (χ0) is 16.4. The van der Waals surface area contributed by atoms with Crippen LogP contribution in [-0.2, 0) is 6.54 Å². The van der Waals surface area contributed by atoms with Gasteiger partial charge in [0.1, 0.15) is 5.58 Å². The van der Waals surface area contributed by atoms with Gasteiger partial charge in [0.25, 0.3) is 5.91 Å². The molecule has 0 spiro atoms. The maximum Gasteiger partial charge on any atom is 0.291 e. The molecule has 1 amide bonds. The minimum absolute atomic E-state index is 0.284. The van der Waals surface area contributed by atoms with E-state index in [0.717, 1.165) is 10.9 Å². The molecule has 4 aromatic rings. The number of hydrogen-bond acceptors (Lipinski definition) is 3. The first-order valence-corrected chi connectivity index (χ1v) is 7.64. The lowest BCUT2D eigenvalue weighted by molar-refractivity contribution is 0.0998. The van der Waals surface area contributed by atoms with E-state index < -0.39 is 0 Å². The van der Waals surface area contributed by atoms with Crippen molar-refractivity contribution in [1.82, 2.24) is 9.78 Å². The molecule has 0 aliphatic rings. The van der Waals surface area contributed by atoms with E-state index in [1.165, 1.54) is 0 Å². The van der Waals surface area contributed by atoms with Gasteiger partial charge >= 0.3 is 0 Å². The number of carbonyl (C=O) groups excluding carboxylic acids is 1. The smallest absolute Gasteiger partial charge is 0.291 e. The van der Waals surface area contributed by atoms with Gasteiger partial charge in [0.2, 0.25) is 0 Å². The maximum atomic E-state index is 12.3. The monoisotopic (exact) mass is 317 g/mol. The topological polar surface area (TPSA) is 60.1 Å². The van der Waals surface area contributed by atoms with Crippen LogP contribution in [0.15, 0.2) is 77.5 Å². The Labute approximate surface area is 138 Å². The molecule has 0 bridgehead atoms. The SMILES string of the molecule is O=C(Nc1cnn(Cc2ccccc2)c1)c1cc2ccccc2o1. The third kappa shape index (κ3) is 2.92. The highest BCUT2D eigenvalue weighted by Gasteiger charge is 2.13. The number of furan rings is 1. The molecule has 5 nitrogen and oxygen atoms in total. The number of aromatic nitrogens is 2. The van der Waals surface area contributed by atoms with Gasteiger partial charge in [0.05, 0.1) is 18.4 Å². The summed E-state index contributed by atoms with van der Waals surface area (Å²) in [6, 6.07) is 19.3. The summed E-state index contributed by atoms with van der Waals surface area (Å²) in [7, 11) is 0. The van der Waals surface area contributed by atoms with Crippen molar-refractivity contribution in [2.75, 3.05) is 5.32 Å². The molecular weight excluding hydrogens is 302 g/mol. The highest BCUT2D eigenvalue weighted by molar-refractivity contribution is 6.04. The fourth-order valence-electron chi connectivity index (χ4n) is 2.57. The van der Waals surface area contributed by atoms with Crippen LogP contribution in [0.1, 0.15) is 16.1 Å². The predicted molar refractivity (Wildman–Crippen MR) is 91.9 cm³/mol. The first-order valence-electron chi connectivity index (χ1n) is 7.64. The van der Waals surface area contributed by atoms with Crippen LogP contribution in [-0.4, -0.2) is 15.7 Å². The number of hydrogen-bond donors (Lipinski definition) is 1. The minimum atomic E-state index is -0.287. The van der Waals surface area contributed by atoms with Crippen molar-refractivity contribution in [2.45, 2.75) is 6.54 Å². The number of para-hydroxylation sites is 1. The van der Waals surface area contributed by atoms with E-state index in [2.05, 4.69) is 10.4 Å². The highest BCUT2D eigenvalue weighted by Crippen LogP contribution is 2.19. The zero-order valence-electron chi connectivity index (χ0n) is 12.8. The van der Waals surface area contributed by atoms with Crippen molar-refractivity contribution in [1.29, 1.82) is 0 Å². The Morgan fingerprint density at radius 3 is 2.71 bits per heavy atom. The molecule has 0 aliphatic heterocycles. The summed E-state index contributed by atoms with van der Waals surface area (Å²) in [5.74, 6) is -0.00234. The Kier molecular flexibility index (Phi) is 3.59. The summed E-state index contributed by atoms with van der Waals surface area (Å²) in [6.45, 7) is 0.654. The second-order valence-corrected chi connectivity index (χ2v) is 5.51. The van der Waals surface area contributed by atoms with Gasteiger partial charge in [0, 0.05) is 11.6 Å². The fourth-order valence-corrected chi connectivity index (χ4v) is 2.57. The summed E-state index contributed by atoms with van der Waals surface area (Å²) in [4.78, 5) is 12.3. The van der Waals surface area contributed by atoms with Crippen LogP contribution in [0.4, 0.5) is 5.69 Å². The number of fused-ring (bicyclic) bond motifs is 1. The molecule has 2 aromatic carbocycles. The van der Waals surface area contributed by atoms with Gasteiger partial charge in [-0.15, -0.1) is 0 Å². The van der Waals surface area contributed by atoms with Crippen molar-refractivity contribution in [3.8, 4) is 0 Å². The summed E-state index contributed by atoms with van der Waals surface area (Å²) in [6.07, 6.45) is 3.43. The van der Waals surface area contributed by atoms with Gasteiger partial charge in [-0.2, -0.15) is 5.10 Å². The van der Waals surface area contributed by atoms with E-state index in [9.17, 15) is 4.79 Å². The lowest BCUT2D eigenvalue weighted by Gasteiger charge is -2.01. The molecule has 0 fully saturated rings. The Hall–Kier alpha value is -3.34. The van der Waals surface area contributed by atoms with Gasteiger partial charge in [-0.25, -0.2) is 0 Å². The van der Waals surface area contributed by atoms with Crippen LogP contribution in [0.5, 0.6) is 0 Å². The largest absolute Gasteiger partial charge is 0.451 e. The number of nitrogens with one attached hydrogen (secondary N) is 1. The maximum absolute atomic E-state index is 12.3. The first kappa shape index (κ1) is 14.3. The minimum Gasteiger partial charge on any atom is -0.451 e. The van der Waals surface area contributed by atoms with E-state index >= 15 is 0 Å². The number of anilines is 1. The van der Waals surface area contributed by atoms with Crippen molar-refractivity contribution in [3.05, 3.63) is 84.4 Å². The summed E-state index contributed by atoms with van der Waals surface area (Å²) in [5.41, 5.74) is 2.48. The van der Waals surface area contributed by atoms with Gasteiger partial charge in [-0.05, 0) is 17.7 Å². The average Bonchev–Trinajstić information content (AvgIpc) is 3.22. The molecular formula is C19H15N3O2. The lowest BCUT2D eigenvalue weighted by Crippen LogP contribution is -2.10. The average molecular weight is 317 g/mol. The summed E-state index contributed by atoms with van der Waals surface area (Å²) < 4.78 is 7.35. The molecule has 5 heteroatoms.